The van der Waals surface area contributed by atoms with Crippen LogP contribution in [0, 0.1) is 6.92 Å². The zero-order valence-corrected chi connectivity index (χ0v) is 15.2. The van der Waals surface area contributed by atoms with E-state index in [2.05, 4.69) is 30.6 Å². The predicted molar refractivity (Wildman–Crippen MR) is 100 cm³/mol. The SMILES string of the molecule is Cc1cc(Nc2nccc(C(F)(F)F)n2)cc(-c2cnc(NC(=O)CN)nc2)c1. The summed E-state index contributed by atoms with van der Waals surface area (Å²) in [5.41, 5.74) is 6.90. The van der Waals surface area contributed by atoms with E-state index in [1.165, 1.54) is 12.4 Å². The van der Waals surface area contributed by atoms with Crippen LogP contribution in [0.25, 0.3) is 11.1 Å². The van der Waals surface area contributed by atoms with Crippen molar-refractivity contribution in [3.63, 3.8) is 0 Å². The second-order valence-electron chi connectivity index (χ2n) is 6.02. The van der Waals surface area contributed by atoms with Crippen molar-refractivity contribution >= 4 is 23.5 Å². The van der Waals surface area contributed by atoms with Crippen LogP contribution in [0.5, 0.6) is 0 Å². The number of amides is 1. The van der Waals surface area contributed by atoms with Gasteiger partial charge < -0.3 is 11.1 Å². The van der Waals surface area contributed by atoms with E-state index in [4.69, 9.17) is 5.73 Å². The van der Waals surface area contributed by atoms with Crippen LogP contribution in [-0.2, 0) is 11.0 Å². The molecule has 1 amide bonds. The van der Waals surface area contributed by atoms with E-state index in [-0.39, 0.29) is 18.4 Å². The summed E-state index contributed by atoms with van der Waals surface area (Å²) < 4.78 is 38.5. The lowest BCUT2D eigenvalue weighted by atomic mass is 10.1. The summed E-state index contributed by atoms with van der Waals surface area (Å²) in [4.78, 5) is 26.7. The predicted octanol–water partition coefficient (Wildman–Crippen LogP) is 2.90. The first-order valence-electron chi connectivity index (χ1n) is 8.36. The average molecular weight is 403 g/mol. The summed E-state index contributed by atoms with van der Waals surface area (Å²) >= 11 is 0. The molecule has 0 spiro atoms. The van der Waals surface area contributed by atoms with Gasteiger partial charge >= 0.3 is 6.18 Å². The number of aryl methyl sites for hydroxylation is 1. The van der Waals surface area contributed by atoms with E-state index in [1.807, 2.05) is 13.0 Å². The average Bonchev–Trinajstić information content (AvgIpc) is 2.67. The van der Waals surface area contributed by atoms with Gasteiger partial charge in [-0.3, -0.25) is 10.1 Å². The number of nitrogens with two attached hydrogens (primary N) is 1. The van der Waals surface area contributed by atoms with Gasteiger partial charge in [0.1, 0.15) is 5.69 Å². The van der Waals surface area contributed by atoms with Gasteiger partial charge in [0.2, 0.25) is 17.8 Å². The Bertz CT molecular complexity index is 1020. The molecule has 0 aliphatic heterocycles. The maximum atomic E-state index is 12.8. The Hall–Kier alpha value is -3.60. The van der Waals surface area contributed by atoms with Crippen molar-refractivity contribution in [2.75, 3.05) is 17.2 Å². The van der Waals surface area contributed by atoms with Crippen molar-refractivity contribution in [2.45, 2.75) is 13.1 Å². The van der Waals surface area contributed by atoms with Crippen molar-refractivity contribution in [3.05, 3.63) is 54.1 Å². The molecule has 0 unspecified atom stereocenters. The minimum absolute atomic E-state index is 0.118. The Labute approximate surface area is 163 Å². The lowest BCUT2D eigenvalue weighted by Crippen LogP contribution is -2.22. The fourth-order valence-electron chi connectivity index (χ4n) is 2.45. The molecule has 1 aromatic carbocycles. The van der Waals surface area contributed by atoms with Crippen molar-refractivity contribution in [2.24, 2.45) is 5.73 Å². The van der Waals surface area contributed by atoms with E-state index in [0.717, 1.165) is 23.4 Å². The molecule has 4 N–H and O–H groups in total. The van der Waals surface area contributed by atoms with Crippen molar-refractivity contribution < 1.29 is 18.0 Å². The number of benzene rings is 1. The first-order chi connectivity index (χ1) is 13.7. The van der Waals surface area contributed by atoms with Crippen molar-refractivity contribution in [1.29, 1.82) is 0 Å². The standard InChI is InChI=1S/C18H16F3N7O/c1-10-4-11(12-8-24-16(25-9-12)28-15(29)7-22)6-13(5-10)26-17-23-3-2-14(27-17)18(19,20)21/h2-6,8-9H,7,22H2,1H3,(H,23,26,27)(H,24,25,28,29). The molecule has 150 valence electrons. The second kappa shape index (κ2) is 8.19. The van der Waals surface area contributed by atoms with E-state index in [1.54, 1.807) is 12.1 Å². The number of anilines is 3. The van der Waals surface area contributed by atoms with Crippen LogP contribution in [0.3, 0.4) is 0 Å². The smallest absolute Gasteiger partial charge is 0.324 e. The van der Waals surface area contributed by atoms with Gasteiger partial charge in [-0.15, -0.1) is 0 Å². The van der Waals surface area contributed by atoms with Crippen molar-refractivity contribution in [3.8, 4) is 11.1 Å². The summed E-state index contributed by atoms with van der Waals surface area (Å²) in [6.45, 7) is 1.65. The lowest BCUT2D eigenvalue weighted by Gasteiger charge is -2.11. The van der Waals surface area contributed by atoms with Crippen LogP contribution in [0.15, 0.2) is 42.9 Å². The molecule has 0 saturated heterocycles. The number of nitrogens with zero attached hydrogens (tertiary/aromatic N) is 4. The second-order valence-corrected chi connectivity index (χ2v) is 6.02. The van der Waals surface area contributed by atoms with E-state index in [0.29, 0.717) is 11.3 Å². The highest BCUT2D eigenvalue weighted by Gasteiger charge is 2.32. The topological polar surface area (TPSA) is 119 Å². The van der Waals surface area contributed by atoms with Gasteiger partial charge in [0.25, 0.3) is 0 Å². The summed E-state index contributed by atoms with van der Waals surface area (Å²) in [6.07, 6.45) is -0.497. The Morgan fingerprint density at radius 3 is 2.45 bits per heavy atom. The highest BCUT2D eigenvalue weighted by atomic mass is 19.4. The number of hydrogen-bond acceptors (Lipinski definition) is 7. The zero-order valence-electron chi connectivity index (χ0n) is 15.2. The Kier molecular flexibility index (Phi) is 5.69. The molecule has 11 heteroatoms. The fourth-order valence-corrected chi connectivity index (χ4v) is 2.45. The highest BCUT2D eigenvalue weighted by Crippen LogP contribution is 2.29. The molecule has 8 nitrogen and oxygen atoms in total. The molecule has 0 aliphatic carbocycles. The minimum Gasteiger partial charge on any atom is -0.324 e. The number of aromatic nitrogens is 4. The third-order valence-corrected chi connectivity index (χ3v) is 3.70. The summed E-state index contributed by atoms with van der Waals surface area (Å²) in [6, 6.07) is 6.10. The molecule has 0 fully saturated rings. The summed E-state index contributed by atoms with van der Waals surface area (Å²) in [5, 5.41) is 5.21. The number of carbonyl (C=O) groups excluding carboxylic acids is 1. The maximum Gasteiger partial charge on any atom is 0.433 e. The first-order valence-corrected chi connectivity index (χ1v) is 8.36. The van der Waals surface area contributed by atoms with Crippen molar-refractivity contribution in [1.82, 2.24) is 19.9 Å². The Balaban J connectivity index is 1.84. The number of rotatable bonds is 5. The molecule has 0 aliphatic rings. The van der Waals surface area contributed by atoms with E-state index < -0.39 is 17.8 Å². The van der Waals surface area contributed by atoms with E-state index >= 15 is 0 Å². The lowest BCUT2D eigenvalue weighted by molar-refractivity contribution is -0.141. The fraction of sp³-hybridized carbons (Fsp3) is 0.167. The molecule has 0 atom stereocenters. The highest BCUT2D eigenvalue weighted by molar-refractivity contribution is 5.90. The van der Waals surface area contributed by atoms with E-state index in [9.17, 15) is 18.0 Å². The minimum atomic E-state index is -4.56. The van der Waals surface area contributed by atoms with Gasteiger partial charge in [-0.05, 0) is 36.2 Å². The number of halogens is 3. The normalized spacial score (nSPS) is 11.2. The van der Waals surface area contributed by atoms with Gasteiger partial charge in [-0.1, -0.05) is 6.07 Å². The molecule has 3 aromatic rings. The number of nitrogens with one attached hydrogen (secondary N) is 2. The quantitative estimate of drug-likeness (QED) is 0.599. The monoisotopic (exact) mass is 403 g/mol. The Morgan fingerprint density at radius 1 is 1.07 bits per heavy atom. The third-order valence-electron chi connectivity index (χ3n) is 3.70. The van der Waals surface area contributed by atoms with Gasteiger partial charge in [-0.25, -0.2) is 19.9 Å². The number of alkyl halides is 3. The number of carbonyl (C=O) groups is 1. The zero-order chi connectivity index (χ0) is 21.0. The molecular formula is C18H16F3N7O. The van der Waals surface area contributed by atoms with Crippen LogP contribution in [0.2, 0.25) is 0 Å². The van der Waals surface area contributed by atoms with Crippen LogP contribution >= 0.6 is 0 Å². The third kappa shape index (κ3) is 5.23. The molecule has 0 bridgehead atoms. The van der Waals surface area contributed by atoms with Gasteiger partial charge in [0.05, 0.1) is 6.54 Å². The molecule has 0 saturated carbocycles. The Morgan fingerprint density at radius 2 is 1.79 bits per heavy atom. The molecule has 3 rings (SSSR count). The summed E-state index contributed by atoms with van der Waals surface area (Å²) in [5.74, 6) is -0.471. The molecule has 2 heterocycles. The largest absolute Gasteiger partial charge is 0.433 e. The van der Waals surface area contributed by atoms with Crippen LogP contribution in [0.1, 0.15) is 11.3 Å². The maximum absolute atomic E-state index is 12.8. The molecule has 29 heavy (non-hydrogen) atoms. The van der Waals surface area contributed by atoms with Crippen LogP contribution < -0.4 is 16.4 Å². The van der Waals surface area contributed by atoms with Gasteiger partial charge in [0.15, 0.2) is 0 Å². The molecule has 2 aromatic heterocycles. The van der Waals surface area contributed by atoms with Gasteiger partial charge in [0, 0.05) is 29.8 Å². The molecule has 0 radical (unpaired) electrons. The van der Waals surface area contributed by atoms with Crippen LogP contribution in [-0.4, -0.2) is 32.4 Å². The molecular weight excluding hydrogens is 387 g/mol. The summed E-state index contributed by atoms with van der Waals surface area (Å²) in [7, 11) is 0. The van der Waals surface area contributed by atoms with Crippen LogP contribution in [0.4, 0.5) is 30.8 Å². The number of hydrogen-bond donors (Lipinski definition) is 3. The first kappa shape index (κ1) is 20.1. The van der Waals surface area contributed by atoms with Gasteiger partial charge in [-0.2, -0.15) is 13.2 Å².